The van der Waals surface area contributed by atoms with E-state index in [0.717, 1.165) is 0 Å². The fourth-order valence-corrected chi connectivity index (χ4v) is 53.6. The molecule has 0 heterocycles. The van der Waals surface area contributed by atoms with E-state index in [-0.39, 0.29) is 40.6 Å². The molecule has 0 unspecified atom stereocenters. The van der Waals surface area contributed by atoms with Crippen LogP contribution in [-0.2, 0) is 20.4 Å². The Morgan fingerprint density at radius 2 is 0.437 bits per heavy atom. The summed E-state index contributed by atoms with van der Waals surface area (Å²) < 4.78 is -0.197. The molecule has 398 valence electrons. The summed E-state index contributed by atoms with van der Waals surface area (Å²) in [6.45, 7) is 91.2. The Balaban J connectivity index is 0.00000840. The molecule has 0 radical (unpaired) electrons. The zero-order valence-electron chi connectivity index (χ0n) is 52.4. The number of halogens is 3. The molecule has 14 heteroatoms. The van der Waals surface area contributed by atoms with Gasteiger partial charge in [-0.1, -0.05) is 0 Å². The van der Waals surface area contributed by atoms with Gasteiger partial charge in [-0.2, -0.15) is 0 Å². The molecule has 0 spiro atoms. The Morgan fingerprint density at radius 1 is 0.268 bits per heavy atom. The van der Waals surface area contributed by atoms with E-state index < -0.39 is 80.7 Å². The first kappa shape index (κ1) is 69.9. The molecule has 0 saturated carbocycles. The van der Waals surface area contributed by atoms with Crippen molar-refractivity contribution in [2.45, 2.75) is 229 Å². The van der Waals surface area contributed by atoms with E-state index in [0.29, 0.717) is 0 Å². The third-order valence-corrected chi connectivity index (χ3v) is 45.0. The summed E-state index contributed by atoms with van der Waals surface area (Å²) in [4.78, 5) is 0. The minimum Gasteiger partial charge on any atom is -1.00 e. The second-order valence-electron chi connectivity index (χ2n) is 31.3. The van der Waals surface area contributed by atoms with Crippen LogP contribution in [0.5, 0.6) is 0 Å². The van der Waals surface area contributed by atoms with Crippen molar-refractivity contribution in [3.05, 3.63) is 57.2 Å². The molecule has 1 aliphatic carbocycles. The molecule has 0 amide bonds. The first-order chi connectivity index (χ1) is 29.8. The van der Waals surface area contributed by atoms with Gasteiger partial charge in [-0.05, 0) is 0 Å². The monoisotopic (exact) mass is 1220 g/mol. The first-order valence-electron chi connectivity index (χ1n) is 26.5. The summed E-state index contributed by atoms with van der Waals surface area (Å²) in [6, 6.07) is 9.13. The average molecular weight is 1230 g/mol. The van der Waals surface area contributed by atoms with E-state index in [1.807, 2.05) is 31.1 Å². The SMILES string of the molecule is CC1=C(C)[C]([Ti+3])([Si](c2cc([Si](C)(C)C)c([Si](C)(C)C)c([Si](C)(C)C)c2C)(c2cc([Si](C)(C)C)c([Si](C)(C)C)c([Si](C)(C)C)c2C)c2cc([Si](C)(C)C)c([Si](C)(C)C)c([Si](C)(C)C)c2C)C(C)=C1C.[Cl-].[Cl-].[Cl-]. The van der Waals surface area contributed by atoms with Gasteiger partial charge in [0.15, 0.2) is 0 Å². The zero-order chi connectivity index (χ0) is 53.6. The van der Waals surface area contributed by atoms with E-state index in [1.165, 1.54) is 0 Å². The van der Waals surface area contributed by atoms with E-state index in [1.54, 1.807) is 70.1 Å². The molecular formula is C57H105Cl3Si10Ti. The van der Waals surface area contributed by atoms with Crippen LogP contribution in [0.4, 0.5) is 0 Å². The van der Waals surface area contributed by atoms with Gasteiger partial charge < -0.3 is 37.2 Å². The minimum atomic E-state index is -3.30. The molecule has 4 rings (SSSR count). The maximum Gasteiger partial charge on any atom is -1.00 e. The molecule has 71 heavy (non-hydrogen) atoms. The number of benzene rings is 3. The Labute approximate surface area is 481 Å². The molecule has 3 aromatic carbocycles. The number of hydrogen-bond acceptors (Lipinski definition) is 0. The van der Waals surface area contributed by atoms with Gasteiger partial charge in [-0.3, -0.25) is 0 Å². The quantitative estimate of drug-likeness (QED) is 0.182. The predicted molar refractivity (Wildman–Crippen MR) is 344 cm³/mol. The first-order valence-corrected chi connectivity index (χ1v) is 60.8. The number of allylic oxidation sites excluding steroid dienone is 4. The van der Waals surface area contributed by atoms with Gasteiger partial charge >= 0.3 is 449 Å². The summed E-state index contributed by atoms with van der Waals surface area (Å²) in [5.74, 6) is 0. The van der Waals surface area contributed by atoms with Crippen molar-refractivity contribution in [1.82, 2.24) is 0 Å². The van der Waals surface area contributed by atoms with Crippen LogP contribution < -0.4 is 99.5 Å². The standard InChI is InChI=1S/C57H105Si10.3ClH.Ti/c1-38-39(2)41(4)51(40(38)3)67(45-35-48(58(8,9)10)55(64(26,27)28)52(42(45)5)61(17,18)19,46-36-49(59(11,12)13)56(65(29,30)31)53(43(46)6)62(20,21)22)47-37-50(60(14,15)16)57(66(32,33)34)54(44(47)7)63(23,24)25;;;;/h35-37H,1-34H3;3*1H;/q;;;;+3/p-3. The topological polar surface area (TPSA) is 0 Å². The van der Waals surface area contributed by atoms with E-state index in [9.17, 15) is 0 Å². The predicted octanol–water partition coefficient (Wildman–Crippen LogP) is 1.93. The van der Waals surface area contributed by atoms with Crippen LogP contribution in [0.15, 0.2) is 40.5 Å². The second kappa shape index (κ2) is 21.5. The van der Waals surface area contributed by atoms with Crippen molar-refractivity contribution in [1.29, 1.82) is 0 Å². The summed E-state index contributed by atoms with van der Waals surface area (Å²) >= 11 is 2.85. The molecule has 0 nitrogen and oxygen atoms in total. The zero-order valence-corrected chi connectivity index (χ0v) is 66.2. The molecule has 0 bridgehead atoms. The molecule has 0 atom stereocenters. The molecule has 0 N–H and O–H groups in total. The normalized spacial score (nSPS) is 15.8. The van der Waals surface area contributed by atoms with Gasteiger partial charge in [0.25, 0.3) is 0 Å². The Hall–Kier alpha value is 0.893. The third kappa shape index (κ3) is 12.2. The second-order valence-corrected chi connectivity index (χ2v) is 82.2. The number of rotatable bonds is 13. The molecule has 1 aliphatic rings. The van der Waals surface area contributed by atoms with E-state index in [4.69, 9.17) is 0 Å². The summed E-state index contributed by atoms with van der Waals surface area (Å²) in [6.07, 6.45) is 0. The van der Waals surface area contributed by atoms with Gasteiger partial charge in [0.05, 0.1) is 0 Å². The van der Waals surface area contributed by atoms with Crippen molar-refractivity contribution in [2.24, 2.45) is 0 Å². The van der Waals surface area contributed by atoms with Crippen LogP contribution in [0, 0.1) is 20.8 Å². The van der Waals surface area contributed by atoms with Gasteiger partial charge in [0, 0.05) is 0 Å². The Kier molecular flexibility index (Phi) is 21.2. The van der Waals surface area contributed by atoms with Crippen LogP contribution in [0.2, 0.25) is 180 Å². The van der Waals surface area contributed by atoms with Gasteiger partial charge in [0.2, 0.25) is 0 Å². The maximum absolute atomic E-state index is 3.30. The van der Waals surface area contributed by atoms with Crippen LogP contribution >= 0.6 is 0 Å². The summed E-state index contributed by atoms with van der Waals surface area (Å²) in [5, 5.41) is 21.8. The molecule has 0 aromatic heterocycles. The van der Waals surface area contributed by atoms with Crippen LogP contribution in [0.25, 0.3) is 0 Å². The van der Waals surface area contributed by atoms with Crippen LogP contribution in [-0.4, -0.2) is 80.7 Å². The summed E-state index contributed by atoms with van der Waals surface area (Å²) in [5.41, 5.74) is 11.5. The third-order valence-electron chi connectivity index (χ3n) is 16.3. The smallest absolute Gasteiger partial charge is 1.00 e. The van der Waals surface area contributed by atoms with Gasteiger partial charge in [-0.25, -0.2) is 0 Å². The number of hydrogen-bond donors (Lipinski definition) is 0. The van der Waals surface area contributed by atoms with Gasteiger partial charge in [0.1, 0.15) is 0 Å². The molecular weight excluding hydrogens is 1120 g/mol. The minimum absolute atomic E-state index is 0. The van der Waals surface area contributed by atoms with Crippen molar-refractivity contribution in [2.75, 3.05) is 0 Å². The van der Waals surface area contributed by atoms with E-state index in [2.05, 4.69) is 264 Å². The average Bonchev–Trinajstić information content (AvgIpc) is 3.23. The maximum atomic E-state index is 3.04. The van der Waals surface area contributed by atoms with Crippen LogP contribution in [0.1, 0.15) is 44.4 Å². The fourth-order valence-electron chi connectivity index (χ4n) is 13.4. The molecule has 0 fully saturated rings. The Bertz CT molecular complexity index is 2330. The fraction of sp³-hybridized carbons (Fsp3) is 0.614. The molecule has 0 saturated heterocycles. The molecule has 0 aliphatic heterocycles. The van der Waals surface area contributed by atoms with E-state index >= 15 is 0 Å². The van der Waals surface area contributed by atoms with Gasteiger partial charge in [-0.15, -0.1) is 0 Å². The van der Waals surface area contributed by atoms with Crippen molar-refractivity contribution in [3.63, 3.8) is 0 Å². The largest absolute Gasteiger partial charge is 1.00 e. The van der Waals surface area contributed by atoms with Crippen molar-refractivity contribution >= 4 is 143 Å². The van der Waals surface area contributed by atoms with Crippen molar-refractivity contribution in [3.8, 4) is 0 Å². The Morgan fingerprint density at radius 3 is 0.577 bits per heavy atom. The van der Waals surface area contributed by atoms with Crippen LogP contribution in [0.3, 0.4) is 0 Å². The molecule has 3 aromatic rings. The summed E-state index contributed by atoms with van der Waals surface area (Å²) in [7, 11) is -20.4. The van der Waals surface area contributed by atoms with Crippen molar-refractivity contribution < 1.29 is 57.7 Å².